The zero-order valence-electron chi connectivity index (χ0n) is 15.6. The minimum atomic E-state index is -3.87. The number of aryl methyl sites for hydroxylation is 1. The van der Waals surface area contributed by atoms with Gasteiger partial charge in [0.1, 0.15) is 0 Å². The maximum absolute atomic E-state index is 13.2. The molecule has 1 amide bonds. The van der Waals surface area contributed by atoms with Gasteiger partial charge in [0.05, 0.1) is 23.7 Å². The van der Waals surface area contributed by atoms with E-state index in [4.69, 9.17) is 4.74 Å². The summed E-state index contributed by atoms with van der Waals surface area (Å²) in [7, 11) is -2.39. The number of methoxy groups -OCH3 is 1. The van der Waals surface area contributed by atoms with E-state index in [9.17, 15) is 13.2 Å². The fourth-order valence-electron chi connectivity index (χ4n) is 2.68. The number of hydrogen-bond acceptors (Lipinski definition) is 6. The Morgan fingerprint density at radius 1 is 1.21 bits per heavy atom. The molecule has 0 spiro atoms. The molecular weight excluding hydrogens is 398 g/mol. The van der Waals surface area contributed by atoms with Crippen molar-refractivity contribution in [2.75, 3.05) is 32.1 Å². The maximum atomic E-state index is 13.2. The van der Waals surface area contributed by atoms with Crippen molar-refractivity contribution in [2.45, 2.75) is 11.8 Å². The second kappa shape index (κ2) is 8.78. The van der Waals surface area contributed by atoms with Crippen molar-refractivity contribution < 1.29 is 17.9 Å². The van der Waals surface area contributed by atoms with Gasteiger partial charge < -0.3 is 10.1 Å². The van der Waals surface area contributed by atoms with Crippen molar-refractivity contribution >= 4 is 43.2 Å². The Morgan fingerprint density at radius 2 is 1.96 bits per heavy atom. The van der Waals surface area contributed by atoms with E-state index in [1.165, 1.54) is 18.4 Å². The van der Waals surface area contributed by atoms with Crippen molar-refractivity contribution in [3.8, 4) is 0 Å². The van der Waals surface area contributed by atoms with Gasteiger partial charge in [-0.3, -0.25) is 4.79 Å². The summed E-state index contributed by atoms with van der Waals surface area (Å²) >= 11 is 1.29. The number of aromatic nitrogens is 1. The summed E-state index contributed by atoms with van der Waals surface area (Å²) in [6, 6.07) is 12.4. The first-order valence-electron chi connectivity index (χ1n) is 8.60. The van der Waals surface area contributed by atoms with E-state index in [0.29, 0.717) is 5.13 Å². The number of carbonyl (C=O) groups excluding carboxylic acids is 1. The summed E-state index contributed by atoms with van der Waals surface area (Å²) in [4.78, 5) is 16.7. The van der Waals surface area contributed by atoms with Gasteiger partial charge in [0.25, 0.3) is 0 Å². The van der Waals surface area contributed by atoms with Crippen LogP contribution in [0, 0.1) is 6.92 Å². The molecule has 0 bridgehead atoms. The third-order valence-corrected chi connectivity index (χ3v) is 6.81. The van der Waals surface area contributed by atoms with Crippen LogP contribution in [0.4, 0.5) is 5.13 Å². The second-order valence-corrected chi connectivity index (χ2v) is 8.98. The number of rotatable bonds is 8. The normalized spacial score (nSPS) is 11.8. The fraction of sp³-hybridized carbons (Fsp3) is 0.263. The second-order valence-electron chi connectivity index (χ2n) is 6.18. The minimum absolute atomic E-state index is 0.0655. The van der Waals surface area contributed by atoms with Crippen molar-refractivity contribution in [3.05, 3.63) is 53.5 Å². The quantitative estimate of drug-likeness (QED) is 0.606. The molecule has 2 aromatic carbocycles. The number of hydrogen-bond donors (Lipinski definition) is 1. The summed E-state index contributed by atoms with van der Waals surface area (Å²) in [5.74, 6) is -0.449. The van der Waals surface area contributed by atoms with Crippen molar-refractivity contribution in [1.29, 1.82) is 0 Å². The molecule has 3 aromatic rings. The molecule has 0 aliphatic rings. The molecule has 148 valence electrons. The number of ether oxygens (including phenoxy) is 1. The summed E-state index contributed by atoms with van der Waals surface area (Å²) in [6.45, 7) is 1.74. The SMILES string of the molecule is COCCN(CC(=O)Nc1nc(C)cs1)S(=O)(=O)c1ccc2ccccc2c1. The Labute approximate surface area is 168 Å². The third-order valence-electron chi connectivity index (χ3n) is 4.09. The summed E-state index contributed by atoms with van der Waals surface area (Å²) < 4.78 is 32.5. The van der Waals surface area contributed by atoms with Crippen LogP contribution in [-0.2, 0) is 19.6 Å². The average molecular weight is 420 g/mol. The highest BCUT2D eigenvalue weighted by Crippen LogP contribution is 2.22. The number of anilines is 1. The van der Waals surface area contributed by atoms with Crippen LogP contribution in [0.2, 0.25) is 0 Å². The molecule has 0 saturated heterocycles. The lowest BCUT2D eigenvalue weighted by Crippen LogP contribution is -2.39. The maximum Gasteiger partial charge on any atom is 0.243 e. The Morgan fingerprint density at radius 3 is 2.64 bits per heavy atom. The van der Waals surface area contributed by atoms with Gasteiger partial charge in [0.2, 0.25) is 15.9 Å². The monoisotopic (exact) mass is 419 g/mol. The lowest BCUT2D eigenvalue weighted by Gasteiger charge is -2.21. The molecule has 0 saturated carbocycles. The van der Waals surface area contributed by atoms with E-state index in [-0.39, 0.29) is 24.6 Å². The number of sulfonamides is 1. The van der Waals surface area contributed by atoms with Gasteiger partial charge in [-0.2, -0.15) is 4.31 Å². The molecule has 1 N–H and O–H groups in total. The van der Waals surface area contributed by atoms with E-state index >= 15 is 0 Å². The average Bonchev–Trinajstić information content (AvgIpc) is 3.09. The van der Waals surface area contributed by atoms with E-state index in [1.807, 2.05) is 36.6 Å². The van der Waals surface area contributed by atoms with Gasteiger partial charge in [-0.25, -0.2) is 13.4 Å². The number of carbonyl (C=O) groups is 1. The van der Waals surface area contributed by atoms with Gasteiger partial charge in [-0.1, -0.05) is 30.3 Å². The molecule has 3 rings (SSSR count). The van der Waals surface area contributed by atoms with Crippen LogP contribution in [0.5, 0.6) is 0 Å². The third kappa shape index (κ3) is 4.74. The Bertz CT molecular complexity index is 1080. The molecule has 1 aromatic heterocycles. The fourth-order valence-corrected chi connectivity index (χ4v) is 4.81. The predicted octanol–water partition coefficient (Wildman–Crippen LogP) is 2.88. The highest BCUT2D eigenvalue weighted by Gasteiger charge is 2.27. The molecule has 0 aliphatic carbocycles. The molecule has 0 fully saturated rings. The van der Waals surface area contributed by atoms with Crippen LogP contribution in [0.15, 0.2) is 52.7 Å². The first kappa shape index (κ1) is 20.4. The van der Waals surface area contributed by atoms with Crippen LogP contribution in [-0.4, -0.2) is 50.4 Å². The summed E-state index contributed by atoms with van der Waals surface area (Å²) in [5, 5.41) is 6.66. The van der Waals surface area contributed by atoms with E-state index in [0.717, 1.165) is 20.8 Å². The first-order valence-corrected chi connectivity index (χ1v) is 10.9. The highest BCUT2D eigenvalue weighted by atomic mass is 32.2. The largest absolute Gasteiger partial charge is 0.383 e. The number of benzene rings is 2. The van der Waals surface area contributed by atoms with Crippen LogP contribution < -0.4 is 5.32 Å². The molecule has 28 heavy (non-hydrogen) atoms. The zero-order valence-corrected chi connectivity index (χ0v) is 17.2. The molecule has 9 heteroatoms. The topological polar surface area (TPSA) is 88.6 Å². The van der Waals surface area contributed by atoms with Crippen LogP contribution >= 0.6 is 11.3 Å². The number of amides is 1. The summed E-state index contributed by atoms with van der Waals surface area (Å²) in [6.07, 6.45) is 0. The number of nitrogens with zero attached hydrogens (tertiary/aromatic N) is 2. The number of nitrogens with one attached hydrogen (secondary N) is 1. The van der Waals surface area contributed by atoms with Gasteiger partial charge in [-0.05, 0) is 29.8 Å². The first-order chi connectivity index (χ1) is 13.4. The number of thiazole rings is 1. The lowest BCUT2D eigenvalue weighted by molar-refractivity contribution is -0.116. The van der Waals surface area contributed by atoms with Crippen molar-refractivity contribution in [1.82, 2.24) is 9.29 Å². The zero-order chi connectivity index (χ0) is 20.1. The Balaban J connectivity index is 1.84. The van der Waals surface area contributed by atoms with E-state index in [1.54, 1.807) is 18.2 Å². The highest BCUT2D eigenvalue weighted by molar-refractivity contribution is 7.89. The standard InChI is InChI=1S/C19H21N3O4S2/c1-14-13-27-19(20-14)21-18(23)12-22(9-10-26-2)28(24,25)17-8-7-15-5-3-4-6-16(15)11-17/h3-8,11,13H,9-10,12H2,1-2H3,(H,20,21,23). The van der Waals surface area contributed by atoms with Crippen LogP contribution in [0.3, 0.4) is 0 Å². The lowest BCUT2D eigenvalue weighted by atomic mass is 10.1. The molecule has 1 heterocycles. The smallest absolute Gasteiger partial charge is 0.243 e. The minimum Gasteiger partial charge on any atom is -0.383 e. The molecule has 0 atom stereocenters. The van der Waals surface area contributed by atoms with Crippen LogP contribution in [0.1, 0.15) is 5.69 Å². The molecular formula is C19H21N3O4S2. The Kier molecular flexibility index (Phi) is 6.40. The van der Waals surface area contributed by atoms with Crippen molar-refractivity contribution in [2.24, 2.45) is 0 Å². The molecule has 7 nitrogen and oxygen atoms in total. The van der Waals surface area contributed by atoms with E-state index < -0.39 is 15.9 Å². The van der Waals surface area contributed by atoms with Crippen LogP contribution in [0.25, 0.3) is 10.8 Å². The van der Waals surface area contributed by atoms with Gasteiger partial charge in [0.15, 0.2) is 5.13 Å². The molecule has 0 radical (unpaired) electrons. The van der Waals surface area contributed by atoms with Gasteiger partial charge in [-0.15, -0.1) is 11.3 Å². The van der Waals surface area contributed by atoms with Gasteiger partial charge in [0, 0.05) is 19.0 Å². The van der Waals surface area contributed by atoms with Gasteiger partial charge >= 0.3 is 0 Å². The summed E-state index contributed by atoms with van der Waals surface area (Å²) in [5.41, 5.74) is 0.792. The Hall–Kier alpha value is -2.33. The molecule has 0 aliphatic heterocycles. The van der Waals surface area contributed by atoms with E-state index in [2.05, 4.69) is 10.3 Å². The predicted molar refractivity (Wildman–Crippen MR) is 110 cm³/mol. The van der Waals surface area contributed by atoms with Crippen molar-refractivity contribution in [3.63, 3.8) is 0 Å². The number of fused-ring (bicyclic) bond motifs is 1. The molecule has 0 unspecified atom stereocenters.